The second kappa shape index (κ2) is 5.86. The van der Waals surface area contributed by atoms with Gasteiger partial charge in [0.25, 0.3) is 0 Å². The summed E-state index contributed by atoms with van der Waals surface area (Å²) in [5.74, 6) is -0.266. The van der Waals surface area contributed by atoms with Crippen LogP contribution in [-0.2, 0) is 6.61 Å². The van der Waals surface area contributed by atoms with Crippen molar-refractivity contribution < 1.29 is 14.6 Å². The summed E-state index contributed by atoms with van der Waals surface area (Å²) in [4.78, 5) is 10.7. The highest BCUT2D eigenvalue weighted by molar-refractivity contribution is 14.1. The van der Waals surface area contributed by atoms with Gasteiger partial charge in [-0.15, -0.1) is 0 Å². The number of carbonyl (C=O) groups is 1. The lowest BCUT2D eigenvalue weighted by molar-refractivity contribution is 0.0697. The Hall–Kier alpha value is -1.56. The molecule has 0 aliphatic rings. The van der Waals surface area contributed by atoms with Crippen LogP contribution in [0, 0.1) is 3.57 Å². The van der Waals surface area contributed by atoms with Crippen LogP contribution in [0.15, 0.2) is 48.5 Å². The normalized spacial score (nSPS) is 10.1. The molecule has 0 saturated heterocycles. The van der Waals surface area contributed by atoms with Crippen molar-refractivity contribution in [2.24, 2.45) is 0 Å². The van der Waals surface area contributed by atoms with E-state index in [-0.39, 0.29) is 5.56 Å². The Balaban J connectivity index is 1.97. The molecule has 1 N–H and O–H groups in total. The van der Waals surface area contributed by atoms with Crippen molar-refractivity contribution in [3.8, 4) is 5.75 Å². The zero-order valence-corrected chi connectivity index (χ0v) is 11.6. The highest BCUT2D eigenvalue weighted by Gasteiger charge is 2.02. The lowest BCUT2D eigenvalue weighted by atomic mass is 10.2. The third-order valence-corrected chi connectivity index (χ3v) is 3.14. The van der Waals surface area contributed by atoms with Gasteiger partial charge in [0.05, 0.1) is 5.56 Å². The number of rotatable bonds is 4. The molecule has 0 unspecified atom stereocenters. The van der Waals surface area contributed by atoms with Crippen LogP contribution in [-0.4, -0.2) is 11.1 Å². The lowest BCUT2D eigenvalue weighted by Crippen LogP contribution is -1.98. The molecule has 0 fully saturated rings. The predicted octanol–water partition coefficient (Wildman–Crippen LogP) is 3.57. The standard InChI is InChI=1S/C14H11IO3/c15-12-5-1-10(2-6-12)9-18-13-7-3-11(4-8-13)14(16)17/h1-8H,9H2,(H,16,17). The van der Waals surface area contributed by atoms with Crippen molar-refractivity contribution in [1.82, 2.24) is 0 Å². The summed E-state index contributed by atoms with van der Waals surface area (Å²) < 4.78 is 6.75. The smallest absolute Gasteiger partial charge is 0.335 e. The molecule has 0 aliphatic carbocycles. The number of benzene rings is 2. The van der Waals surface area contributed by atoms with E-state index in [1.54, 1.807) is 12.1 Å². The number of carboxylic acid groups (broad SMARTS) is 1. The minimum atomic E-state index is -0.931. The van der Waals surface area contributed by atoms with Crippen molar-refractivity contribution in [3.05, 3.63) is 63.2 Å². The molecular weight excluding hydrogens is 343 g/mol. The zero-order chi connectivity index (χ0) is 13.0. The van der Waals surface area contributed by atoms with Gasteiger partial charge in [-0.05, 0) is 64.6 Å². The van der Waals surface area contributed by atoms with Gasteiger partial charge in [-0.2, -0.15) is 0 Å². The Labute approximate surface area is 119 Å². The molecule has 0 saturated carbocycles. The summed E-state index contributed by atoms with van der Waals surface area (Å²) in [7, 11) is 0. The second-order valence-electron chi connectivity index (χ2n) is 3.74. The van der Waals surface area contributed by atoms with Gasteiger partial charge < -0.3 is 9.84 Å². The van der Waals surface area contributed by atoms with Crippen LogP contribution in [0.2, 0.25) is 0 Å². The van der Waals surface area contributed by atoms with Crippen molar-refractivity contribution in [2.75, 3.05) is 0 Å². The van der Waals surface area contributed by atoms with E-state index < -0.39 is 5.97 Å². The van der Waals surface area contributed by atoms with Crippen LogP contribution in [0.3, 0.4) is 0 Å². The molecule has 0 bridgehead atoms. The van der Waals surface area contributed by atoms with Crippen molar-refractivity contribution >= 4 is 28.6 Å². The van der Waals surface area contributed by atoms with E-state index in [0.717, 1.165) is 5.56 Å². The van der Waals surface area contributed by atoms with Crippen molar-refractivity contribution in [1.29, 1.82) is 0 Å². The van der Waals surface area contributed by atoms with Crippen LogP contribution in [0.5, 0.6) is 5.75 Å². The highest BCUT2D eigenvalue weighted by atomic mass is 127. The molecule has 0 radical (unpaired) electrons. The van der Waals surface area contributed by atoms with Crippen LogP contribution in [0.4, 0.5) is 0 Å². The fraction of sp³-hybridized carbons (Fsp3) is 0.0714. The molecule has 92 valence electrons. The number of ether oxygens (including phenoxy) is 1. The maximum Gasteiger partial charge on any atom is 0.335 e. The van der Waals surface area contributed by atoms with Gasteiger partial charge in [0.2, 0.25) is 0 Å². The van der Waals surface area contributed by atoms with E-state index >= 15 is 0 Å². The molecule has 0 amide bonds. The largest absolute Gasteiger partial charge is 0.489 e. The molecule has 2 rings (SSSR count). The van der Waals surface area contributed by atoms with E-state index in [4.69, 9.17) is 9.84 Å². The number of halogens is 1. The molecule has 4 heteroatoms. The van der Waals surface area contributed by atoms with E-state index in [9.17, 15) is 4.79 Å². The SMILES string of the molecule is O=C(O)c1ccc(OCc2ccc(I)cc2)cc1. The fourth-order valence-corrected chi connectivity index (χ4v) is 1.80. The van der Waals surface area contributed by atoms with Gasteiger partial charge >= 0.3 is 5.97 Å². The summed E-state index contributed by atoms with van der Waals surface area (Å²) in [5, 5.41) is 8.77. The number of aromatic carboxylic acids is 1. The average molecular weight is 354 g/mol. The quantitative estimate of drug-likeness (QED) is 0.854. The molecule has 0 aliphatic heterocycles. The van der Waals surface area contributed by atoms with E-state index in [1.165, 1.54) is 15.7 Å². The van der Waals surface area contributed by atoms with Gasteiger partial charge in [0.15, 0.2) is 0 Å². The summed E-state index contributed by atoms with van der Waals surface area (Å²) in [6.07, 6.45) is 0. The minimum absolute atomic E-state index is 0.261. The molecule has 2 aromatic carbocycles. The average Bonchev–Trinajstić information content (AvgIpc) is 2.38. The number of hydrogen-bond acceptors (Lipinski definition) is 2. The minimum Gasteiger partial charge on any atom is -0.489 e. The Morgan fingerprint density at radius 1 is 1.06 bits per heavy atom. The van der Waals surface area contributed by atoms with Gasteiger partial charge in [0, 0.05) is 3.57 Å². The number of hydrogen-bond donors (Lipinski definition) is 1. The monoisotopic (exact) mass is 354 g/mol. The lowest BCUT2D eigenvalue weighted by Gasteiger charge is -2.06. The summed E-state index contributed by atoms with van der Waals surface area (Å²) in [5.41, 5.74) is 1.34. The van der Waals surface area contributed by atoms with Crippen molar-refractivity contribution in [3.63, 3.8) is 0 Å². The summed E-state index contributed by atoms with van der Waals surface area (Å²) in [6.45, 7) is 0.476. The maximum atomic E-state index is 10.7. The van der Waals surface area contributed by atoms with E-state index in [2.05, 4.69) is 22.6 Å². The van der Waals surface area contributed by atoms with Crippen molar-refractivity contribution in [2.45, 2.75) is 6.61 Å². The van der Waals surface area contributed by atoms with E-state index in [1.807, 2.05) is 24.3 Å². The third kappa shape index (κ3) is 3.46. The first-order chi connectivity index (χ1) is 8.65. The van der Waals surface area contributed by atoms with Gasteiger partial charge in [-0.3, -0.25) is 0 Å². The fourth-order valence-electron chi connectivity index (χ4n) is 1.44. The first-order valence-corrected chi connectivity index (χ1v) is 6.43. The molecular formula is C14H11IO3. The molecule has 0 atom stereocenters. The Kier molecular flexibility index (Phi) is 4.19. The third-order valence-electron chi connectivity index (χ3n) is 2.42. The van der Waals surface area contributed by atoms with Crippen LogP contribution in [0.25, 0.3) is 0 Å². The highest BCUT2D eigenvalue weighted by Crippen LogP contribution is 2.15. The number of carboxylic acids is 1. The first kappa shape index (κ1) is 12.9. The van der Waals surface area contributed by atoms with Gasteiger partial charge in [-0.1, -0.05) is 12.1 Å². The topological polar surface area (TPSA) is 46.5 Å². The van der Waals surface area contributed by atoms with Crippen LogP contribution in [0.1, 0.15) is 15.9 Å². The second-order valence-corrected chi connectivity index (χ2v) is 4.99. The molecule has 0 spiro atoms. The van der Waals surface area contributed by atoms with Crippen LogP contribution < -0.4 is 4.74 Å². The first-order valence-electron chi connectivity index (χ1n) is 5.36. The zero-order valence-electron chi connectivity index (χ0n) is 9.47. The Morgan fingerprint density at radius 3 is 2.22 bits per heavy atom. The summed E-state index contributed by atoms with van der Waals surface area (Å²) >= 11 is 2.25. The predicted molar refractivity (Wildman–Crippen MR) is 76.9 cm³/mol. The maximum absolute atomic E-state index is 10.7. The molecule has 3 nitrogen and oxygen atoms in total. The van der Waals surface area contributed by atoms with Gasteiger partial charge in [-0.25, -0.2) is 4.79 Å². The van der Waals surface area contributed by atoms with E-state index in [0.29, 0.717) is 12.4 Å². The Morgan fingerprint density at radius 2 is 1.67 bits per heavy atom. The molecule has 0 aromatic heterocycles. The summed E-state index contributed by atoms with van der Waals surface area (Å²) in [6, 6.07) is 14.4. The van der Waals surface area contributed by atoms with Gasteiger partial charge in [0.1, 0.15) is 12.4 Å². The molecule has 2 aromatic rings. The molecule has 0 heterocycles. The Bertz CT molecular complexity index is 532. The molecule has 18 heavy (non-hydrogen) atoms. The van der Waals surface area contributed by atoms with Crippen LogP contribution >= 0.6 is 22.6 Å².